The van der Waals surface area contributed by atoms with Gasteiger partial charge in [0, 0.05) is 6.54 Å². The molecule has 1 rings (SSSR count). The molecule has 8 heteroatoms. The summed E-state index contributed by atoms with van der Waals surface area (Å²) in [5.41, 5.74) is -2.62. The summed E-state index contributed by atoms with van der Waals surface area (Å²) in [5, 5.41) is 20.1. The summed E-state index contributed by atoms with van der Waals surface area (Å²) in [6.07, 6.45) is -5.86. The van der Waals surface area contributed by atoms with Gasteiger partial charge >= 0.3 is 6.18 Å². The number of benzene rings is 1. The Bertz CT molecular complexity index is 499. The highest BCUT2D eigenvalue weighted by Gasteiger charge is 2.35. The molecule has 0 amide bonds. The molecule has 1 atom stereocenters. The first-order chi connectivity index (χ1) is 8.81. The fraction of sp³-hybridized carbons (Fsp3) is 0.364. The van der Waals surface area contributed by atoms with Gasteiger partial charge in [0.25, 0.3) is 0 Å². The SMILES string of the molecule is N#Cc1c(F)ccc(C(F)(F)F)c1NCC(O)CCl. The number of anilines is 1. The maximum Gasteiger partial charge on any atom is 0.418 e. The molecule has 0 aromatic heterocycles. The second kappa shape index (κ2) is 6.08. The Kier molecular flexibility index (Phi) is 4.97. The molecule has 0 aliphatic carbocycles. The first-order valence-electron chi connectivity index (χ1n) is 5.09. The zero-order chi connectivity index (χ0) is 14.6. The van der Waals surface area contributed by atoms with Crippen LogP contribution in [-0.2, 0) is 6.18 Å². The molecule has 0 bridgehead atoms. The second-order valence-corrected chi connectivity index (χ2v) is 3.95. The maximum atomic E-state index is 13.3. The highest BCUT2D eigenvalue weighted by molar-refractivity contribution is 6.18. The number of nitriles is 1. The highest BCUT2D eigenvalue weighted by Crippen LogP contribution is 2.37. The van der Waals surface area contributed by atoms with E-state index in [-0.39, 0.29) is 12.4 Å². The molecule has 1 unspecified atom stereocenters. The molecule has 104 valence electrons. The van der Waals surface area contributed by atoms with Crippen molar-refractivity contribution in [3.8, 4) is 6.07 Å². The van der Waals surface area contributed by atoms with Crippen molar-refractivity contribution < 1.29 is 22.7 Å². The third-order valence-electron chi connectivity index (χ3n) is 2.26. The van der Waals surface area contributed by atoms with E-state index in [1.807, 2.05) is 0 Å². The van der Waals surface area contributed by atoms with E-state index in [1.165, 1.54) is 6.07 Å². The number of aliphatic hydroxyl groups is 1. The van der Waals surface area contributed by atoms with Crippen LogP contribution in [0.3, 0.4) is 0 Å². The van der Waals surface area contributed by atoms with E-state index in [2.05, 4.69) is 5.32 Å². The lowest BCUT2D eigenvalue weighted by molar-refractivity contribution is -0.137. The second-order valence-electron chi connectivity index (χ2n) is 3.64. The Morgan fingerprint density at radius 2 is 2.05 bits per heavy atom. The highest BCUT2D eigenvalue weighted by atomic mass is 35.5. The summed E-state index contributed by atoms with van der Waals surface area (Å²) in [6, 6.07) is 2.47. The number of alkyl halides is 4. The lowest BCUT2D eigenvalue weighted by atomic mass is 10.1. The van der Waals surface area contributed by atoms with Crippen LogP contribution in [0, 0.1) is 17.1 Å². The smallest absolute Gasteiger partial charge is 0.390 e. The number of halogens is 5. The van der Waals surface area contributed by atoms with Gasteiger partial charge in [0.15, 0.2) is 0 Å². The van der Waals surface area contributed by atoms with Gasteiger partial charge in [0.2, 0.25) is 0 Å². The average Bonchev–Trinajstić information content (AvgIpc) is 2.34. The summed E-state index contributed by atoms with van der Waals surface area (Å²) >= 11 is 5.30. The van der Waals surface area contributed by atoms with Crippen LogP contribution in [-0.4, -0.2) is 23.6 Å². The molecular weight excluding hydrogens is 288 g/mol. The molecule has 0 saturated heterocycles. The van der Waals surface area contributed by atoms with Gasteiger partial charge in [-0.25, -0.2) is 4.39 Å². The van der Waals surface area contributed by atoms with E-state index in [4.69, 9.17) is 16.9 Å². The molecule has 0 heterocycles. The van der Waals surface area contributed by atoms with E-state index in [0.29, 0.717) is 12.1 Å². The minimum atomic E-state index is -4.74. The zero-order valence-corrected chi connectivity index (χ0v) is 10.2. The van der Waals surface area contributed by atoms with Crippen LogP contribution >= 0.6 is 11.6 Å². The fourth-order valence-corrected chi connectivity index (χ4v) is 1.49. The van der Waals surface area contributed by atoms with Crippen molar-refractivity contribution >= 4 is 17.3 Å². The molecule has 0 spiro atoms. The molecule has 19 heavy (non-hydrogen) atoms. The van der Waals surface area contributed by atoms with E-state index in [1.54, 1.807) is 0 Å². The van der Waals surface area contributed by atoms with Gasteiger partial charge in [-0.15, -0.1) is 11.6 Å². The van der Waals surface area contributed by atoms with Gasteiger partial charge < -0.3 is 10.4 Å². The van der Waals surface area contributed by atoms with Crippen molar-refractivity contribution in [3.63, 3.8) is 0 Å². The lowest BCUT2D eigenvalue weighted by Gasteiger charge is -2.17. The molecule has 0 radical (unpaired) electrons. The van der Waals surface area contributed by atoms with Crippen molar-refractivity contribution in [2.75, 3.05) is 17.7 Å². The van der Waals surface area contributed by atoms with E-state index < -0.39 is 34.9 Å². The van der Waals surface area contributed by atoms with Crippen LogP contribution in [0.15, 0.2) is 12.1 Å². The standard InChI is InChI=1S/C11H9ClF4N2O/c12-3-6(19)5-18-10-7(4-17)9(13)2-1-8(10)11(14,15)16/h1-2,6,18-19H,3,5H2. The third-order valence-corrected chi connectivity index (χ3v) is 2.62. The van der Waals surface area contributed by atoms with Crippen molar-refractivity contribution in [1.29, 1.82) is 5.26 Å². The van der Waals surface area contributed by atoms with Gasteiger partial charge in [-0.2, -0.15) is 18.4 Å². The van der Waals surface area contributed by atoms with Crippen LogP contribution in [0.2, 0.25) is 0 Å². The van der Waals surface area contributed by atoms with Crippen molar-refractivity contribution in [2.45, 2.75) is 12.3 Å². The predicted molar refractivity (Wildman–Crippen MR) is 61.3 cm³/mol. The Hall–Kier alpha value is -1.52. The molecule has 2 N–H and O–H groups in total. The number of aliphatic hydroxyl groups excluding tert-OH is 1. The van der Waals surface area contributed by atoms with E-state index in [0.717, 1.165) is 0 Å². The first kappa shape index (κ1) is 15.5. The summed E-state index contributed by atoms with van der Waals surface area (Å²) in [6.45, 7) is -0.329. The molecule has 0 fully saturated rings. The Morgan fingerprint density at radius 3 is 2.53 bits per heavy atom. The van der Waals surface area contributed by atoms with Gasteiger partial charge in [0.1, 0.15) is 17.4 Å². The number of hydrogen-bond acceptors (Lipinski definition) is 3. The molecule has 1 aromatic carbocycles. The molecular formula is C11H9ClF4N2O. The Morgan fingerprint density at radius 1 is 1.42 bits per heavy atom. The van der Waals surface area contributed by atoms with Gasteiger partial charge in [-0.3, -0.25) is 0 Å². The van der Waals surface area contributed by atoms with Crippen LogP contribution in [0.1, 0.15) is 11.1 Å². The summed E-state index contributed by atoms with van der Waals surface area (Å²) in [5.74, 6) is -1.27. The van der Waals surface area contributed by atoms with E-state index in [9.17, 15) is 22.7 Å². The summed E-state index contributed by atoms with van der Waals surface area (Å²) < 4.78 is 51.5. The van der Waals surface area contributed by atoms with Crippen molar-refractivity contribution in [3.05, 3.63) is 29.1 Å². The number of hydrogen-bond donors (Lipinski definition) is 2. The minimum Gasteiger partial charge on any atom is -0.390 e. The largest absolute Gasteiger partial charge is 0.418 e. The molecule has 0 aliphatic rings. The lowest BCUT2D eigenvalue weighted by Crippen LogP contribution is -2.23. The number of nitrogens with zero attached hydrogens (tertiary/aromatic N) is 1. The van der Waals surface area contributed by atoms with Crippen LogP contribution in [0.5, 0.6) is 0 Å². The van der Waals surface area contributed by atoms with Crippen LogP contribution in [0.4, 0.5) is 23.2 Å². The fourth-order valence-electron chi connectivity index (χ4n) is 1.38. The van der Waals surface area contributed by atoms with Gasteiger partial charge in [0.05, 0.1) is 23.2 Å². The molecule has 0 saturated carbocycles. The average molecular weight is 297 g/mol. The van der Waals surface area contributed by atoms with Crippen molar-refractivity contribution in [1.82, 2.24) is 0 Å². The first-order valence-corrected chi connectivity index (χ1v) is 5.62. The maximum absolute atomic E-state index is 13.3. The zero-order valence-electron chi connectivity index (χ0n) is 9.43. The van der Waals surface area contributed by atoms with Crippen LogP contribution in [0.25, 0.3) is 0 Å². The Labute approximate surface area is 111 Å². The molecule has 0 aliphatic heterocycles. The van der Waals surface area contributed by atoms with Gasteiger partial charge in [-0.1, -0.05) is 0 Å². The van der Waals surface area contributed by atoms with Crippen LogP contribution < -0.4 is 5.32 Å². The monoisotopic (exact) mass is 296 g/mol. The minimum absolute atomic E-state index is 0.203. The van der Waals surface area contributed by atoms with E-state index >= 15 is 0 Å². The topological polar surface area (TPSA) is 56.0 Å². The van der Waals surface area contributed by atoms with Crippen molar-refractivity contribution in [2.24, 2.45) is 0 Å². The summed E-state index contributed by atoms with van der Waals surface area (Å²) in [4.78, 5) is 0. The molecule has 3 nitrogen and oxygen atoms in total. The quantitative estimate of drug-likeness (QED) is 0.663. The van der Waals surface area contributed by atoms with Gasteiger partial charge in [-0.05, 0) is 12.1 Å². The normalized spacial score (nSPS) is 12.9. The predicted octanol–water partition coefficient (Wildman–Crippen LogP) is 2.73. The Balaban J connectivity index is 3.24. The molecule has 1 aromatic rings. The summed E-state index contributed by atoms with van der Waals surface area (Å²) in [7, 11) is 0. The number of rotatable bonds is 4. The number of nitrogens with one attached hydrogen (secondary N) is 1. The third kappa shape index (κ3) is 3.72.